The van der Waals surface area contributed by atoms with Gasteiger partial charge in [0, 0.05) is 23.4 Å². The fourth-order valence-electron chi connectivity index (χ4n) is 4.43. The van der Waals surface area contributed by atoms with Crippen LogP contribution < -0.4 is 5.73 Å². The van der Waals surface area contributed by atoms with Gasteiger partial charge in [-0.25, -0.2) is 9.59 Å². The van der Waals surface area contributed by atoms with Crippen LogP contribution in [0.25, 0.3) is 0 Å². The number of carbonyl (C=O) groups is 3. The Kier molecular flexibility index (Phi) is 18.9. The van der Waals surface area contributed by atoms with Crippen LogP contribution in [0.4, 0.5) is 4.79 Å². The summed E-state index contributed by atoms with van der Waals surface area (Å²) in [5.41, 5.74) is 5.90. The van der Waals surface area contributed by atoms with Crippen molar-refractivity contribution in [2.75, 3.05) is 0 Å². The van der Waals surface area contributed by atoms with Crippen LogP contribution in [0.2, 0.25) is 0 Å². The highest BCUT2D eigenvalue weighted by molar-refractivity contribution is 6.30. The Morgan fingerprint density at radius 1 is 1.04 bits per heavy atom. The van der Waals surface area contributed by atoms with E-state index in [9.17, 15) is 34.8 Å². The van der Waals surface area contributed by atoms with Crippen molar-refractivity contribution in [2.45, 2.75) is 102 Å². The molecular formula is C33H47Cl2NO9. The molecule has 0 saturated heterocycles. The van der Waals surface area contributed by atoms with Gasteiger partial charge in [-0.3, -0.25) is 4.79 Å². The lowest BCUT2D eigenvalue weighted by atomic mass is 9.86. The average Bonchev–Trinajstić information content (AvgIpc) is 2.99. The minimum absolute atomic E-state index is 0.168. The molecule has 0 aromatic rings. The Labute approximate surface area is 275 Å². The molecule has 45 heavy (non-hydrogen) atoms. The number of rotatable bonds is 17. The number of aliphatic hydroxyl groups is 4. The van der Waals surface area contributed by atoms with Gasteiger partial charge < -0.3 is 35.6 Å². The summed E-state index contributed by atoms with van der Waals surface area (Å²) in [6.07, 6.45) is 9.89. The molecule has 0 aromatic heterocycles. The van der Waals surface area contributed by atoms with Gasteiger partial charge in [0.2, 0.25) is 0 Å². The average molecular weight is 673 g/mol. The lowest BCUT2D eigenvalue weighted by Gasteiger charge is -2.30. The zero-order valence-electron chi connectivity index (χ0n) is 26.2. The number of allylic oxidation sites excluding steroid dienone is 9. The molecule has 1 aliphatic carbocycles. The predicted molar refractivity (Wildman–Crippen MR) is 174 cm³/mol. The zero-order chi connectivity index (χ0) is 34.1. The molecule has 0 spiro atoms. The fourth-order valence-corrected chi connectivity index (χ4v) is 4.86. The molecule has 9 atom stereocenters. The van der Waals surface area contributed by atoms with Crippen LogP contribution in [0.15, 0.2) is 71.4 Å². The third kappa shape index (κ3) is 15.4. The van der Waals surface area contributed by atoms with Gasteiger partial charge in [-0.1, -0.05) is 80.5 Å². The molecule has 1 fully saturated rings. The van der Waals surface area contributed by atoms with Crippen LogP contribution in [-0.2, 0) is 19.1 Å². The molecule has 6 unspecified atom stereocenters. The number of ketones is 1. The Balaban J connectivity index is 2.64. The molecule has 6 N–H and O–H groups in total. The minimum atomic E-state index is -1.86. The number of primary amides is 1. The smallest absolute Gasteiger partial charge is 0.405 e. The van der Waals surface area contributed by atoms with Crippen LogP contribution >= 0.6 is 23.2 Å². The summed E-state index contributed by atoms with van der Waals surface area (Å²) < 4.78 is 10.2. The molecule has 0 radical (unpaired) electrons. The molecule has 1 saturated carbocycles. The lowest BCUT2D eigenvalue weighted by molar-refractivity contribution is -0.152. The van der Waals surface area contributed by atoms with Crippen molar-refractivity contribution in [1.82, 2.24) is 0 Å². The Bertz CT molecular complexity index is 1150. The lowest BCUT2D eigenvalue weighted by Crippen LogP contribution is -2.43. The van der Waals surface area contributed by atoms with E-state index in [-0.39, 0.29) is 5.03 Å². The number of amides is 1. The second-order valence-corrected chi connectivity index (χ2v) is 12.1. The maximum Gasteiger partial charge on any atom is 0.405 e. The zero-order valence-corrected chi connectivity index (χ0v) is 27.7. The summed E-state index contributed by atoms with van der Waals surface area (Å²) in [5, 5.41) is 40.3. The second kappa shape index (κ2) is 21.1. The number of hydrogen-bond acceptors (Lipinski definition) is 9. The highest BCUT2D eigenvalue weighted by Gasteiger charge is 2.35. The van der Waals surface area contributed by atoms with Crippen LogP contribution in [0.3, 0.4) is 0 Å². The first-order valence-electron chi connectivity index (χ1n) is 15.0. The largest absolute Gasteiger partial charge is 0.456 e. The van der Waals surface area contributed by atoms with Crippen molar-refractivity contribution in [3.63, 3.8) is 0 Å². The van der Waals surface area contributed by atoms with E-state index in [1.807, 2.05) is 13.8 Å². The fraction of sp³-hybridized carbons (Fsp3) is 0.545. The number of Topliss-reactive ketones (excluding diaryl/α,β-unsaturated/α-hetero) is 1. The summed E-state index contributed by atoms with van der Waals surface area (Å²) in [7, 11) is 0. The molecule has 1 amide bonds. The standard InChI is InChI=1S/C33H47Cl2NO9/c1-5-6-14-27(45-33(36)43)30(35)25(38)19-26(39)32(42)31(41)22(4)23(34)13-9-7-11-20(2)12-8-10-15-29(40)44-28-18-21(3)16-17-24(28)37/h6-15,21-22,24-25,27-28,30-32,37-38,41-42H,5,16-19H2,1-4H3,(H2,36,43)/b9-7+,12-8+,14-6+,15-10+,20-11+,23-13-/t21-,22?,24-,25?,27?,28-,30?,31?,32?/m1/s1. The molecule has 252 valence electrons. The summed E-state index contributed by atoms with van der Waals surface area (Å²) in [4.78, 5) is 35.8. The molecule has 0 heterocycles. The molecule has 12 heteroatoms. The number of ether oxygens (including phenoxy) is 2. The van der Waals surface area contributed by atoms with Crippen LogP contribution in [0, 0.1) is 11.8 Å². The Morgan fingerprint density at radius 3 is 2.33 bits per heavy atom. The van der Waals surface area contributed by atoms with Crippen LogP contribution in [0.1, 0.15) is 59.8 Å². The van der Waals surface area contributed by atoms with Crippen molar-refractivity contribution in [3.8, 4) is 0 Å². The van der Waals surface area contributed by atoms with Crippen molar-refractivity contribution in [3.05, 3.63) is 71.4 Å². The van der Waals surface area contributed by atoms with Gasteiger partial charge in [0.1, 0.15) is 23.7 Å². The van der Waals surface area contributed by atoms with Gasteiger partial charge in [-0.2, -0.15) is 0 Å². The molecule has 10 nitrogen and oxygen atoms in total. The normalized spacial score (nSPS) is 24.1. The third-order valence-corrected chi connectivity index (χ3v) is 8.23. The van der Waals surface area contributed by atoms with Crippen molar-refractivity contribution < 1.29 is 44.3 Å². The molecular weight excluding hydrogens is 625 g/mol. The van der Waals surface area contributed by atoms with Gasteiger partial charge in [0.25, 0.3) is 0 Å². The van der Waals surface area contributed by atoms with E-state index >= 15 is 0 Å². The van der Waals surface area contributed by atoms with E-state index in [2.05, 4.69) is 6.92 Å². The molecule has 0 bridgehead atoms. The van der Waals surface area contributed by atoms with Gasteiger partial charge in [0.05, 0.1) is 18.3 Å². The van der Waals surface area contributed by atoms with Crippen LogP contribution in [0.5, 0.6) is 0 Å². The maximum absolute atomic E-state index is 12.6. The highest BCUT2D eigenvalue weighted by Crippen LogP contribution is 2.26. The molecule has 1 rings (SSSR count). The Morgan fingerprint density at radius 2 is 1.69 bits per heavy atom. The van der Waals surface area contributed by atoms with E-state index in [1.54, 1.807) is 42.5 Å². The molecule has 0 aliphatic heterocycles. The first kappa shape index (κ1) is 40.3. The molecule has 1 aliphatic rings. The van der Waals surface area contributed by atoms with Crippen molar-refractivity contribution in [1.29, 1.82) is 0 Å². The minimum Gasteiger partial charge on any atom is -0.456 e. The highest BCUT2D eigenvalue weighted by atomic mass is 35.5. The van der Waals surface area contributed by atoms with Gasteiger partial charge in [-0.05, 0) is 50.7 Å². The van der Waals surface area contributed by atoms with Gasteiger partial charge >= 0.3 is 12.1 Å². The van der Waals surface area contributed by atoms with E-state index in [0.29, 0.717) is 25.2 Å². The van der Waals surface area contributed by atoms with Gasteiger partial charge in [-0.15, -0.1) is 11.6 Å². The number of carbonyl (C=O) groups excluding carboxylic acids is 3. The first-order valence-corrected chi connectivity index (χ1v) is 15.8. The number of hydrogen-bond donors (Lipinski definition) is 5. The number of halogens is 2. The summed E-state index contributed by atoms with van der Waals surface area (Å²) >= 11 is 12.5. The summed E-state index contributed by atoms with van der Waals surface area (Å²) in [5.74, 6) is -1.81. The van der Waals surface area contributed by atoms with E-state index in [1.165, 1.54) is 25.2 Å². The second-order valence-electron chi connectivity index (χ2n) is 11.2. The molecule has 0 aromatic carbocycles. The number of aliphatic hydroxyl groups excluding tert-OH is 4. The first-order chi connectivity index (χ1) is 21.2. The monoisotopic (exact) mass is 671 g/mol. The SMILES string of the molecule is CC/C=C/C(OC(N)=O)C(Cl)C(O)CC(=O)C(O)C(O)C(C)/C(Cl)=C/C=C/C=C(C)/C=C/C=C/C(=O)O[C@@H]1C[C@H](C)CC[C@H]1O. The number of nitrogens with two attached hydrogens (primary N) is 1. The van der Waals surface area contributed by atoms with E-state index in [0.717, 1.165) is 12.0 Å². The predicted octanol–water partition coefficient (Wildman–Crippen LogP) is 4.53. The van der Waals surface area contributed by atoms with Crippen molar-refractivity contribution >= 4 is 41.0 Å². The topological polar surface area (TPSA) is 177 Å². The summed E-state index contributed by atoms with van der Waals surface area (Å²) in [6.45, 7) is 7.27. The van der Waals surface area contributed by atoms with Crippen molar-refractivity contribution in [2.24, 2.45) is 17.6 Å². The van der Waals surface area contributed by atoms with E-state index < -0.39 is 72.2 Å². The quantitative estimate of drug-likeness (QED) is 0.0489. The number of esters is 1. The third-order valence-electron chi connectivity index (χ3n) is 7.22. The van der Waals surface area contributed by atoms with Crippen LogP contribution in [-0.4, -0.2) is 80.3 Å². The maximum atomic E-state index is 12.6. The Hall–Kier alpha value is -2.73. The van der Waals surface area contributed by atoms with E-state index in [4.69, 9.17) is 38.4 Å². The number of alkyl halides is 1. The summed E-state index contributed by atoms with van der Waals surface area (Å²) in [6, 6.07) is 0. The van der Waals surface area contributed by atoms with Gasteiger partial charge in [0.15, 0.2) is 5.78 Å².